The molecule has 0 bridgehead atoms. The SMILES string of the molecule is O=c1cc(CN(Cc2cc(=O)n3c(-c4ccccc4)csc3n2)C2CCCCC2)nc2scc(-c3ccccc3)n12. The van der Waals surface area contributed by atoms with E-state index in [1.165, 1.54) is 41.9 Å². The third kappa shape index (κ3) is 5.16. The predicted molar refractivity (Wildman–Crippen MR) is 166 cm³/mol. The molecule has 7 rings (SSSR count). The number of thiazole rings is 2. The van der Waals surface area contributed by atoms with Gasteiger partial charge in [-0.05, 0) is 24.0 Å². The lowest BCUT2D eigenvalue weighted by Gasteiger charge is -2.33. The fourth-order valence-corrected chi connectivity index (χ4v) is 7.73. The van der Waals surface area contributed by atoms with Gasteiger partial charge in [-0.3, -0.25) is 23.3 Å². The normalized spacial score (nSPS) is 14.4. The minimum Gasteiger partial charge on any atom is -0.289 e. The summed E-state index contributed by atoms with van der Waals surface area (Å²) in [4.78, 5) is 40.3. The fourth-order valence-electron chi connectivity index (χ4n) is 5.89. The van der Waals surface area contributed by atoms with E-state index in [-0.39, 0.29) is 11.1 Å². The second-order valence-electron chi connectivity index (χ2n) is 10.6. The average Bonchev–Trinajstić information content (AvgIpc) is 3.64. The first-order valence-corrected chi connectivity index (χ1v) is 15.8. The predicted octanol–water partition coefficient (Wildman–Crippen LogP) is 6.49. The average molecular weight is 580 g/mol. The Kier molecular flexibility index (Phi) is 7.08. The minimum atomic E-state index is -0.0708. The Morgan fingerprint density at radius 3 is 1.61 bits per heavy atom. The minimum absolute atomic E-state index is 0.0708. The third-order valence-corrected chi connectivity index (χ3v) is 9.53. The molecule has 4 heterocycles. The summed E-state index contributed by atoms with van der Waals surface area (Å²) in [6, 6.07) is 23.6. The van der Waals surface area contributed by atoms with Crippen molar-refractivity contribution in [1.29, 1.82) is 0 Å². The van der Waals surface area contributed by atoms with E-state index in [4.69, 9.17) is 9.97 Å². The molecule has 0 amide bonds. The van der Waals surface area contributed by atoms with Crippen LogP contribution in [0.25, 0.3) is 32.4 Å². The summed E-state index contributed by atoms with van der Waals surface area (Å²) in [5, 5.41) is 4.00. The van der Waals surface area contributed by atoms with Gasteiger partial charge in [0.15, 0.2) is 9.92 Å². The van der Waals surface area contributed by atoms with E-state index < -0.39 is 0 Å². The molecule has 6 aromatic rings. The molecule has 7 nitrogen and oxygen atoms in total. The molecule has 1 aliphatic rings. The van der Waals surface area contributed by atoms with Crippen molar-refractivity contribution in [2.24, 2.45) is 0 Å². The van der Waals surface area contributed by atoms with Gasteiger partial charge in [-0.1, -0.05) is 79.9 Å². The zero-order valence-corrected chi connectivity index (χ0v) is 24.1. The van der Waals surface area contributed by atoms with Crippen molar-refractivity contribution in [3.05, 3.63) is 116 Å². The molecule has 2 aromatic carbocycles. The zero-order valence-electron chi connectivity index (χ0n) is 22.5. The van der Waals surface area contributed by atoms with Crippen LogP contribution in [0.1, 0.15) is 43.5 Å². The van der Waals surface area contributed by atoms with Crippen LogP contribution in [0.5, 0.6) is 0 Å². The number of hydrogen-bond donors (Lipinski definition) is 0. The lowest BCUT2D eigenvalue weighted by atomic mass is 9.94. The molecule has 0 saturated heterocycles. The monoisotopic (exact) mass is 579 g/mol. The van der Waals surface area contributed by atoms with E-state index in [1.807, 2.05) is 71.4 Å². The van der Waals surface area contributed by atoms with Crippen molar-refractivity contribution in [3.8, 4) is 22.5 Å². The first kappa shape index (κ1) is 26.0. The van der Waals surface area contributed by atoms with E-state index in [1.54, 1.807) is 20.9 Å². The molecular weight excluding hydrogens is 551 g/mol. The van der Waals surface area contributed by atoms with Gasteiger partial charge in [0.1, 0.15) is 0 Å². The Bertz CT molecular complexity index is 1800. The molecule has 1 saturated carbocycles. The largest absolute Gasteiger partial charge is 0.289 e. The summed E-state index contributed by atoms with van der Waals surface area (Å²) in [6.45, 7) is 1.07. The fraction of sp³-hybridized carbons (Fsp3) is 0.250. The smallest absolute Gasteiger partial charge is 0.259 e. The zero-order chi connectivity index (χ0) is 27.8. The van der Waals surface area contributed by atoms with Crippen LogP contribution in [0.3, 0.4) is 0 Å². The van der Waals surface area contributed by atoms with Crippen molar-refractivity contribution < 1.29 is 0 Å². The molecule has 0 atom stereocenters. The molecule has 0 N–H and O–H groups in total. The van der Waals surface area contributed by atoms with E-state index >= 15 is 0 Å². The highest BCUT2D eigenvalue weighted by Gasteiger charge is 2.24. The molecule has 1 aliphatic carbocycles. The highest BCUT2D eigenvalue weighted by molar-refractivity contribution is 7.15. The molecule has 0 aliphatic heterocycles. The van der Waals surface area contributed by atoms with Gasteiger partial charge in [-0.25, -0.2) is 9.97 Å². The van der Waals surface area contributed by atoms with Gasteiger partial charge >= 0.3 is 0 Å². The number of hydrogen-bond acceptors (Lipinski definition) is 7. The highest BCUT2D eigenvalue weighted by Crippen LogP contribution is 2.28. The highest BCUT2D eigenvalue weighted by atomic mass is 32.1. The van der Waals surface area contributed by atoms with Crippen LogP contribution in [0.2, 0.25) is 0 Å². The molecule has 9 heteroatoms. The molecule has 4 aromatic heterocycles. The van der Waals surface area contributed by atoms with E-state index in [0.29, 0.717) is 29.1 Å². The Hall–Kier alpha value is -3.92. The van der Waals surface area contributed by atoms with Gasteiger partial charge < -0.3 is 0 Å². The van der Waals surface area contributed by atoms with Gasteiger partial charge in [-0.15, -0.1) is 22.7 Å². The lowest BCUT2D eigenvalue weighted by Crippen LogP contribution is -2.37. The van der Waals surface area contributed by atoms with Crippen LogP contribution in [-0.2, 0) is 13.1 Å². The molecule has 0 radical (unpaired) electrons. The second kappa shape index (κ2) is 11.2. The first-order valence-electron chi connectivity index (χ1n) is 14.0. The summed E-state index contributed by atoms with van der Waals surface area (Å²) in [5.74, 6) is 0. The maximum absolute atomic E-state index is 13.3. The Labute approximate surface area is 245 Å². The molecule has 0 unspecified atom stereocenters. The molecular formula is C32H29N5O2S2. The van der Waals surface area contributed by atoms with Gasteiger partial charge in [0, 0.05) is 42.0 Å². The van der Waals surface area contributed by atoms with Crippen molar-refractivity contribution in [1.82, 2.24) is 23.7 Å². The number of nitrogens with zero attached hydrogens (tertiary/aromatic N) is 5. The summed E-state index contributed by atoms with van der Waals surface area (Å²) in [5.41, 5.74) is 5.08. The summed E-state index contributed by atoms with van der Waals surface area (Å²) in [7, 11) is 0. The first-order chi connectivity index (χ1) is 20.1. The summed E-state index contributed by atoms with van der Waals surface area (Å²) < 4.78 is 3.40. The van der Waals surface area contributed by atoms with Gasteiger partial charge in [0.2, 0.25) is 0 Å². The molecule has 206 valence electrons. The maximum atomic E-state index is 13.3. The maximum Gasteiger partial charge on any atom is 0.259 e. The Morgan fingerprint density at radius 2 is 1.15 bits per heavy atom. The lowest BCUT2D eigenvalue weighted by molar-refractivity contribution is 0.136. The second-order valence-corrected chi connectivity index (χ2v) is 12.3. The van der Waals surface area contributed by atoms with Gasteiger partial charge in [0.05, 0.1) is 22.8 Å². The van der Waals surface area contributed by atoms with Crippen LogP contribution < -0.4 is 11.1 Å². The van der Waals surface area contributed by atoms with Crippen LogP contribution in [0.4, 0.5) is 0 Å². The van der Waals surface area contributed by atoms with Crippen LogP contribution in [0, 0.1) is 0 Å². The van der Waals surface area contributed by atoms with Crippen molar-refractivity contribution in [2.45, 2.75) is 51.2 Å². The number of benzene rings is 2. The van der Waals surface area contributed by atoms with Crippen LogP contribution in [-0.4, -0.2) is 29.7 Å². The van der Waals surface area contributed by atoms with Gasteiger partial charge in [0.25, 0.3) is 11.1 Å². The quantitative estimate of drug-likeness (QED) is 0.216. The van der Waals surface area contributed by atoms with Crippen LogP contribution >= 0.6 is 22.7 Å². The molecule has 41 heavy (non-hydrogen) atoms. The van der Waals surface area contributed by atoms with E-state index in [9.17, 15) is 9.59 Å². The molecule has 0 spiro atoms. The van der Waals surface area contributed by atoms with Crippen molar-refractivity contribution >= 4 is 32.6 Å². The summed E-state index contributed by atoms with van der Waals surface area (Å²) in [6.07, 6.45) is 5.80. The van der Waals surface area contributed by atoms with Crippen LogP contribution in [0.15, 0.2) is 93.1 Å². The molecule has 1 fully saturated rings. The Balaban J connectivity index is 1.21. The summed E-state index contributed by atoms with van der Waals surface area (Å²) >= 11 is 2.97. The van der Waals surface area contributed by atoms with E-state index in [2.05, 4.69) is 4.90 Å². The van der Waals surface area contributed by atoms with Crippen molar-refractivity contribution in [2.75, 3.05) is 0 Å². The van der Waals surface area contributed by atoms with Gasteiger partial charge in [-0.2, -0.15) is 0 Å². The third-order valence-electron chi connectivity index (χ3n) is 7.88. The standard InChI is InChI=1S/C32H29N5O2S2/c38-29-16-24(33-31-36(29)27(20-40-31)22-10-4-1-5-11-22)18-35(26-14-8-3-9-15-26)19-25-17-30(39)37-28(21-41-32(37)34-25)23-12-6-2-7-13-23/h1-2,4-7,10-13,16-17,20-21,26H,3,8-9,14-15,18-19H2. The number of aromatic nitrogens is 4. The van der Waals surface area contributed by atoms with Crippen molar-refractivity contribution in [3.63, 3.8) is 0 Å². The number of rotatable bonds is 7. The van der Waals surface area contributed by atoms with E-state index in [0.717, 1.165) is 46.7 Å². The number of fused-ring (bicyclic) bond motifs is 2. The Morgan fingerprint density at radius 1 is 0.683 bits per heavy atom. The topological polar surface area (TPSA) is 72.0 Å².